The molecule has 1 heterocycles. The van der Waals surface area contributed by atoms with Crippen molar-refractivity contribution in [2.45, 2.75) is 0 Å². The minimum absolute atomic E-state index is 1.08. The van der Waals surface area contributed by atoms with Crippen molar-refractivity contribution in [3.8, 4) is 50.2 Å². The van der Waals surface area contributed by atoms with E-state index in [0.29, 0.717) is 0 Å². The predicted octanol–water partition coefficient (Wildman–Crippen LogP) is 16.1. The molecule has 0 saturated heterocycles. The van der Waals surface area contributed by atoms with Gasteiger partial charge in [-0.25, -0.2) is 0 Å². The van der Waals surface area contributed by atoms with Crippen molar-refractivity contribution in [2.75, 3.05) is 4.90 Å². The number of nitrogens with zero attached hydrogens (tertiary/aromatic N) is 2. The zero-order valence-corrected chi connectivity index (χ0v) is 33.0. The molecule has 0 saturated carbocycles. The lowest BCUT2D eigenvalue weighted by molar-refractivity contribution is 1.18. The fourth-order valence-corrected chi connectivity index (χ4v) is 9.00. The molecule has 0 fully saturated rings. The van der Waals surface area contributed by atoms with E-state index >= 15 is 0 Å². The second-order valence-corrected chi connectivity index (χ2v) is 15.3. The Hall–Kier alpha value is -7.94. The third-order valence-corrected chi connectivity index (χ3v) is 11.8. The van der Waals surface area contributed by atoms with Crippen molar-refractivity contribution in [1.29, 1.82) is 0 Å². The van der Waals surface area contributed by atoms with Gasteiger partial charge in [-0.2, -0.15) is 0 Å². The molecule has 0 unspecified atom stereocenters. The lowest BCUT2D eigenvalue weighted by atomic mass is 9.93. The number of benzene rings is 10. The van der Waals surface area contributed by atoms with Gasteiger partial charge >= 0.3 is 0 Å². The van der Waals surface area contributed by atoms with Crippen LogP contribution in [-0.2, 0) is 0 Å². The molecule has 11 rings (SSSR count). The van der Waals surface area contributed by atoms with Gasteiger partial charge in [0.2, 0.25) is 0 Å². The maximum atomic E-state index is 2.49. The SMILES string of the molecule is c1ccc(-c2ccc(N(c3ccccc3)c3ccc4c5ccccc5n(-c5cc(-c6cccc7ccccc67)ccc5-c5ccccc5)c4c3)cc2-c2ccccc2)cc1. The molecule has 0 aliphatic heterocycles. The fourth-order valence-electron chi connectivity index (χ4n) is 9.00. The summed E-state index contributed by atoms with van der Waals surface area (Å²) in [5.74, 6) is 0. The third kappa shape index (κ3) is 6.23. The van der Waals surface area contributed by atoms with Crippen LogP contribution in [0.15, 0.2) is 243 Å². The van der Waals surface area contributed by atoms with Gasteiger partial charge in [0.05, 0.1) is 16.7 Å². The van der Waals surface area contributed by atoms with Gasteiger partial charge in [0.15, 0.2) is 0 Å². The minimum Gasteiger partial charge on any atom is -0.310 e. The maximum absolute atomic E-state index is 2.49. The van der Waals surface area contributed by atoms with Crippen molar-refractivity contribution >= 4 is 49.6 Å². The van der Waals surface area contributed by atoms with Crippen LogP contribution in [0.1, 0.15) is 0 Å². The molecule has 1 aromatic heterocycles. The van der Waals surface area contributed by atoms with Gasteiger partial charge in [-0.05, 0) is 98.2 Å². The predicted molar refractivity (Wildman–Crippen MR) is 255 cm³/mol. The van der Waals surface area contributed by atoms with E-state index < -0.39 is 0 Å². The van der Waals surface area contributed by atoms with Crippen molar-refractivity contribution < 1.29 is 0 Å². The summed E-state index contributed by atoms with van der Waals surface area (Å²) in [4.78, 5) is 2.40. The molecule has 0 aliphatic carbocycles. The van der Waals surface area contributed by atoms with Crippen molar-refractivity contribution in [3.63, 3.8) is 0 Å². The summed E-state index contributed by atoms with van der Waals surface area (Å²) in [6, 6.07) is 88.0. The summed E-state index contributed by atoms with van der Waals surface area (Å²) < 4.78 is 2.49. The topological polar surface area (TPSA) is 8.17 Å². The summed E-state index contributed by atoms with van der Waals surface area (Å²) in [5, 5.41) is 4.91. The van der Waals surface area contributed by atoms with E-state index in [1.165, 1.54) is 71.6 Å². The largest absolute Gasteiger partial charge is 0.310 e. The number of fused-ring (bicyclic) bond motifs is 4. The van der Waals surface area contributed by atoms with E-state index in [9.17, 15) is 0 Å². The molecule has 0 bridgehead atoms. The summed E-state index contributed by atoms with van der Waals surface area (Å²) in [6.07, 6.45) is 0. The Kier molecular flexibility index (Phi) is 8.87. The first kappa shape index (κ1) is 35.2. The zero-order chi connectivity index (χ0) is 39.8. The molecule has 0 atom stereocenters. The van der Waals surface area contributed by atoms with E-state index in [2.05, 4.69) is 252 Å². The lowest BCUT2D eigenvalue weighted by Gasteiger charge is -2.27. The van der Waals surface area contributed by atoms with Crippen molar-refractivity contribution in [2.24, 2.45) is 0 Å². The molecule has 11 aromatic rings. The lowest BCUT2D eigenvalue weighted by Crippen LogP contribution is -2.10. The molecule has 282 valence electrons. The number of para-hydroxylation sites is 2. The fraction of sp³-hybridized carbons (Fsp3) is 0. The molecule has 2 nitrogen and oxygen atoms in total. The number of aromatic nitrogens is 1. The molecule has 0 amide bonds. The summed E-state index contributed by atoms with van der Waals surface area (Å²) in [7, 11) is 0. The standard InChI is InChI=1S/C58H40N2/c1-5-18-41(19-6-1)51-36-33-47(39-55(51)44-22-9-3-10-23-44)59(46-26-11-4-12-27-46)48-34-37-54-53-29-15-16-31-56(53)60(58(54)40-48)57-38-45(32-35-52(57)43-20-7-2-8-21-43)50-30-17-25-42-24-13-14-28-49(42)50/h1-40H. The van der Waals surface area contributed by atoms with Gasteiger partial charge < -0.3 is 9.47 Å². The van der Waals surface area contributed by atoms with E-state index in [1.54, 1.807) is 0 Å². The highest BCUT2D eigenvalue weighted by Crippen LogP contribution is 2.44. The van der Waals surface area contributed by atoms with Gasteiger partial charge in [0, 0.05) is 33.4 Å². The molecule has 0 spiro atoms. The molecular formula is C58H40N2. The van der Waals surface area contributed by atoms with Crippen LogP contribution in [0.2, 0.25) is 0 Å². The number of hydrogen-bond donors (Lipinski definition) is 0. The molecule has 0 aliphatic rings. The van der Waals surface area contributed by atoms with Crippen LogP contribution in [0.4, 0.5) is 17.1 Å². The van der Waals surface area contributed by atoms with Crippen LogP contribution < -0.4 is 4.90 Å². The van der Waals surface area contributed by atoms with E-state index in [-0.39, 0.29) is 0 Å². The Labute approximate surface area is 350 Å². The molecule has 0 N–H and O–H groups in total. The highest BCUT2D eigenvalue weighted by atomic mass is 15.1. The van der Waals surface area contributed by atoms with Crippen molar-refractivity contribution in [1.82, 2.24) is 4.57 Å². The molecule has 0 radical (unpaired) electrons. The first-order chi connectivity index (χ1) is 29.8. The van der Waals surface area contributed by atoms with Crippen LogP contribution in [0.25, 0.3) is 82.8 Å². The Balaban J connectivity index is 1.17. The average Bonchev–Trinajstić information content (AvgIpc) is 3.66. The second kappa shape index (κ2) is 15.1. The summed E-state index contributed by atoms with van der Waals surface area (Å²) in [6.45, 7) is 0. The minimum atomic E-state index is 1.08. The first-order valence-electron chi connectivity index (χ1n) is 20.6. The van der Waals surface area contributed by atoms with E-state index in [4.69, 9.17) is 0 Å². The molecule has 10 aromatic carbocycles. The average molecular weight is 765 g/mol. The first-order valence-corrected chi connectivity index (χ1v) is 20.6. The van der Waals surface area contributed by atoms with Gasteiger partial charge in [-0.1, -0.05) is 194 Å². The van der Waals surface area contributed by atoms with Crippen LogP contribution in [0.5, 0.6) is 0 Å². The number of hydrogen-bond acceptors (Lipinski definition) is 1. The zero-order valence-electron chi connectivity index (χ0n) is 33.0. The molecule has 2 heteroatoms. The maximum Gasteiger partial charge on any atom is 0.0562 e. The van der Waals surface area contributed by atoms with Gasteiger partial charge in [0.25, 0.3) is 0 Å². The Morgan fingerprint density at radius 3 is 1.53 bits per heavy atom. The highest BCUT2D eigenvalue weighted by molar-refractivity contribution is 6.11. The Morgan fingerprint density at radius 1 is 0.267 bits per heavy atom. The van der Waals surface area contributed by atoms with E-state index in [1.807, 2.05) is 0 Å². The Morgan fingerprint density at radius 2 is 0.800 bits per heavy atom. The summed E-state index contributed by atoms with van der Waals surface area (Å²) in [5.41, 5.74) is 16.2. The van der Waals surface area contributed by atoms with Gasteiger partial charge in [0.1, 0.15) is 0 Å². The third-order valence-electron chi connectivity index (χ3n) is 11.8. The highest BCUT2D eigenvalue weighted by Gasteiger charge is 2.21. The van der Waals surface area contributed by atoms with E-state index in [0.717, 1.165) is 28.3 Å². The second-order valence-electron chi connectivity index (χ2n) is 15.3. The monoisotopic (exact) mass is 764 g/mol. The Bertz CT molecular complexity index is 3290. The quantitative estimate of drug-likeness (QED) is 0.150. The van der Waals surface area contributed by atoms with Crippen LogP contribution in [0, 0.1) is 0 Å². The van der Waals surface area contributed by atoms with Crippen LogP contribution in [-0.4, -0.2) is 4.57 Å². The van der Waals surface area contributed by atoms with Crippen LogP contribution >= 0.6 is 0 Å². The molecular weight excluding hydrogens is 725 g/mol. The normalized spacial score (nSPS) is 11.3. The van der Waals surface area contributed by atoms with Gasteiger partial charge in [-0.15, -0.1) is 0 Å². The van der Waals surface area contributed by atoms with Crippen LogP contribution in [0.3, 0.4) is 0 Å². The number of anilines is 3. The summed E-state index contributed by atoms with van der Waals surface area (Å²) >= 11 is 0. The smallest absolute Gasteiger partial charge is 0.0562 e. The van der Waals surface area contributed by atoms with Crippen molar-refractivity contribution in [3.05, 3.63) is 243 Å². The number of rotatable bonds is 8. The van der Waals surface area contributed by atoms with Gasteiger partial charge in [-0.3, -0.25) is 0 Å². The molecule has 60 heavy (non-hydrogen) atoms.